The molecule has 5 rings (SSSR count). The minimum atomic E-state index is -0.878. The van der Waals surface area contributed by atoms with Crippen LogP contribution >= 0.6 is 0 Å². The highest BCUT2D eigenvalue weighted by Crippen LogP contribution is 2.46. The topological polar surface area (TPSA) is 107 Å². The summed E-state index contributed by atoms with van der Waals surface area (Å²) in [4.78, 5) is 31.1. The SMILES string of the molecule is COc1cc([C@@H]2/C(=C(\O)c3ccc(OCc4ccccc4)cc3C)C(=O)C(=O)N2CCCN2CCOCC2)cc(OC)c1OC. The third-order valence-electron chi connectivity index (χ3n) is 8.22. The summed E-state index contributed by atoms with van der Waals surface area (Å²) >= 11 is 0. The van der Waals surface area contributed by atoms with Gasteiger partial charge in [-0.1, -0.05) is 30.3 Å². The Balaban J connectivity index is 1.51. The second-order valence-corrected chi connectivity index (χ2v) is 11.0. The van der Waals surface area contributed by atoms with Crippen LogP contribution in [0.15, 0.2) is 66.2 Å². The van der Waals surface area contributed by atoms with Gasteiger partial charge < -0.3 is 33.7 Å². The first-order valence-electron chi connectivity index (χ1n) is 15.0. The number of carbonyl (C=O) groups is 2. The normalized spacial score (nSPS) is 18.2. The molecule has 45 heavy (non-hydrogen) atoms. The molecule has 3 aromatic carbocycles. The highest BCUT2D eigenvalue weighted by atomic mass is 16.5. The fourth-order valence-electron chi connectivity index (χ4n) is 5.88. The van der Waals surface area contributed by atoms with E-state index in [2.05, 4.69) is 4.90 Å². The predicted octanol–water partition coefficient (Wildman–Crippen LogP) is 4.74. The number of aryl methyl sites for hydroxylation is 1. The number of benzene rings is 3. The Kier molecular flexibility index (Phi) is 10.3. The van der Waals surface area contributed by atoms with Gasteiger partial charge in [-0.2, -0.15) is 0 Å². The number of ether oxygens (including phenoxy) is 5. The van der Waals surface area contributed by atoms with Gasteiger partial charge in [-0.15, -0.1) is 0 Å². The molecule has 2 saturated heterocycles. The van der Waals surface area contributed by atoms with Crippen LogP contribution in [0.25, 0.3) is 5.76 Å². The van der Waals surface area contributed by atoms with E-state index in [1.54, 1.807) is 24.3 Å². The third-order valence-corrected chi connectivity index (χ3v) is 8.22. The van der Waals surface area contributed by atoms with E-state index in [4.69, 9.17) is 23.7 Å². The maximum atomic E-state index is 13.7. The molecule has 238 valence electrons. The maximum Gasteiger partial charge on any atom is 0.295 e. The van der Waals surface area contributed by atoms with Gasteiger partial charge in [-0.25, -0.2) is 0 Å². The van der Waals surface area contributed by atoms with Crippen LogP contribution in [-0.2, 0) is 20.9 Å². The summed E-state index contributed by atoms with van der Waals surface area (Å²) < 4.78 is 28.1. The van der Waals surface area contributed by atoms with Crippen LogP contribution < -0.4 is 18.9 Å². The maximum absolute atomic E-state index is 13.7. The van der Waals surface area contributed by atoms with Crippen molar-refractivity contribution in [1.29, 1.82) is 0 Å². The second-order valence-electron chi connectivity index (χ2n) is 11.0. The van der Waals surface area contributed by atoms with Crippen molar-refractivity contribution in [3.63, 3.8) is 0 Å². The van der Waals surface area contributed by atoms with Crippen molar-refractivity contribution in [2.45, 2.75) is 26.0 Å². The Bertz CT molecular complexity index is 1520. The minimum absolute atomic E-state index is 0.00157. The average Bonchev–Trinajstić information content (AvgIpc) is 3.32. The molecule has 1 atom stereocenters. The first kappa shape index (κ1) is 31.9. The fourth-order valence-corrected chi connectivity index (χ4v) is 5.88. The zero-order valence-corrected chi connectivity index (χ0v) is 26.2. The van der Waals surface area contributed by atoms with Crippen LogP contribution in [-0.4, -0.2) is 87.3 Å². The Morgan fingerprint density at radius 3 is 2.22 bits per heavy atom. The molecule has 0 unspecified atom stereocenters. The number of hydrogen-bond donors (Lipinski definition) is 1. The van der Waals surface area contributed by atoms with Gasteiger partial charge in [0.25, 0.3) is 11.7 Å². The lowest BCUT2D eigenvalue weighted by Crippen LogP contribution is -2.39. The minimum Gasteiger partial charge on any atom is -0.507 e. The number of amides is 1. The largest absolute Gasteiger partial charge is 0.507 e. The van der Waals surface area contributed by atoms with Gasteiger partial charge in [0.2, 0.25) is 5.75 Å². The quantitative estimate of drug-likeness (QED) is 0.175. The van der Waals surface area contributed by atoms with Crippen LogP contribution in [0.3, 0.4) is 0 Å². The van der Waals surface area contributed by atoms with Crippen LogP contribution in [0.5, 0.6) is 23.0 Å². The summed E-state index contributed by atoms with van der Waals surface area (Å²) in [6, 6.07) is 17.6. The monoisotopic (exact) mass is 616 g/mol. The lowest BCUT2D eigenvalue weighted by molar-refractivity contribution is -0.140. The predicted molar refractivity (Wildman–Crippen MR) is 169 cm³/mol. The van der Waals surface area contributed by atoms with Crippen molar-refractivity contribution >= 4 is 17.4 Å². The summed E-state index contributed by atoms with van der Waals surface area (Å²) in [7, 11) is 4.52. The molecule has 10 heteroatoms. The van der Waals surface area contributed by atoms with Gasteiger partial charge in [-0.3, -0.25) is 14.5 Å². The smallest absolute Gasteiger partial charge is 0.295 e. The Labute approximate surface area is 263 Å². The molecule has 1 N–H and O–H groups in total. The van der Waals surface area contributed by atoms with Gasteiger partial charge in [0.1, 0.15) is 18.1 Å². The highest BCUT2D eigenvalue weighted by molar-refractivity contribution is 6.46. The van der Waals surface area contributed by atoms with E-state index in [0.29, 0.717) is 72.5 Å². The zero-order chi connectivity index (χ0) is 31.9. The first-order valence-corrected chi connectivity index (χ1v) is 15.0. The molecule has 0 aromatic heterocycles. The molecule has 0 spiro atoms. The van der Waals surface area contributed by atoms with E-state index in [1.165, 1.54) is 26.2 Å². The number of carbonyl (C=O) groups excluding carboxylic acids is 2. The number of aliphatic hydroxyl groups is 1. The van der Waals surface area contributed by atoms with Crippen molar-refractivity contribution in [3.8, 4) is 23.0 Å². The van der Waals surface area contributed by atoms with Crippen LogP contribution in [0.2, 0.25) is 0 Å². The molecule has 2 aliphatic rings. The summed E-state index contributed by atoms with van der Waals surface area (Å²) in [6.45, 7) is 6.26. The lowest BCUT2D eigenvalue weighted by Gasteiger charge is -2.29. The molecule has 3 aromatic rings. The van der Waals surface area contributed by atoms with E-state index >= 15 is 0 Å². The van der Waals surface area contributed by atoms with Gasteiger partial charge in [-0.05, 0) is 60.4 Å². The van der Waals surface area contributed by atoms with Crippen LogP contribution in [0.1, 0.15) is 34.7 Å². The van der Waals surface area contributed by atoms with Crippen LogP contribution in [0, 0.1) is 6.92 Å². The summed E-state index contributed by atoms with van der Waals surface area (Å²) in [5, 5.41) is 11.8. The number of hydrogen-bond acceptors (Lipinski definition) is 9. The van der Waals surface area contributed by atoms with Crippen LogP contribution in [0.4, 0.5) is 0 Å². The average molecular weight is 617 g/mol. The number of Topliss-reactive ketones (excluding diaryl/α,β-unsaturated/α-hetero) is 1. The van der Waals surface area contributed by atoms with Gasteiger partial charge in [0, 0.05) is 31.7 Å². The molecular formula is C35H40N2O8. The van der Waals surface area contributed by atoms with Crippen molar-refractivity contribution in [2.24, 2.45) is 0 Å². The Morgan fingerprint density at radius 2 is 1.60 bits per heavy atom. The standard InChI is InChI=1S/C35H40N2O8/c1-23-19-26(45-22-24-9-6-5-7-10-24)11-12-27(23)32(38)30-31(25-20-28(41-2)34(43-4)29(21-25)42-3)37(35(40)33(30)39)14-8-13-36-15-17-44-18-16-36/h5-7,9-12,19-21,31,38H,8,13-18,22H2,1-4H3/b32-30+/t31-/m1/s1. The molecule has 2 heterocycles. The molecule has 0 aliphatic carbocycles. The fraction of sp³-hybridized carbons (Fsp3) is 0.371. The van der Waals surface area contributed by atoms with Crippen molar-refractivity contribution < 1.29 is 38.4 Å². The van der Waals surface area contributed by atoms with Crippen molar-refractivity contribution in [3.05, 3.63) is 88.5 Å². The Hall–Kier alpha value is -4.54. The van der Waals surface area contributed by atoms with E-state index in [0.717, 1.165) is 25.2 Å². The lowest BCUT2D eigenvalue weighted by atomic mass is 9.93. The van der Waals surface area contributed by atoms with Crippen molar-refractivity contribution in [1.82, 2.24) is 9.80 Å². The number of morpholine rings is 1. The van der Waals surface area contributed by atoms with E-state index in [1.807, 2.05) is 43.3 Å². The van der Waals surface area contributed by atoms with Gasteiger partial charge >= 0.3 is 0 Å². The third kappa shape index (κ3) is 6.92. The number of methoxy groups -OCH3 is 3. The number of likely N-dealkylation sites (tertiary alicyclic amines) is 1. The molecule has 0 bridgehead atoms. The molecule has 0 radical (unpaired) electrons. The second kappa shape index (κ2) is 14.5. The number of aliphatic hydroxyl groups excluding tert-OH is 1. The molecular weight excluding hydrogens is 576 g/mol. The number of nitrogens with zero attached hydrogens (tertiary/aromatic N) is 2. The molecule has 1 amide bonds. The molecule has 10 nitrogen and oxygen atoms in total. The van der Waals surface area contributed by atoms with Gasteiger partial charge in [0.15, 0.2) is 11.5 Å². The number of rotatable bonds is 12. The molecule has 2 fully saturated rings. The molecule has 0 saturated carbocycles. The zero-order valence-electron chi connectivity index (χ0n) is 26.2. The van der Waals surface area contributed by atoms with E-state index < -0.39 is 17.7 Å². The highest BCUT2D eigenvalue weighted by Gasteiger charge is 2.46. The van der Waals surface area contributed by atoms with E-state index in [9.17, 15) is 14.7 Å². The molecule has 2 aliphatic heterocycles. The van der Waals surface area contributed by atoms with E-state index in [-0.39, 0.29) is 11.3 Å². The Morgan fingerprint density at radius 1 is 0.911 bits per heavy atom. The summed E-state index contributed by atoms with van der Waals surface area (Å²) in [5.74, 6) is 0.0883. The first-order chi connectivity index (χ1) is 21.9. The van der Waals surface area contributed by atoms with Crippen molar-refractivity contribution in [2.75, 3.05) is 60.7 Å². The summed E-state index contributed by atoms with van der Waals surface area (Å²) in [6.07, 6.45) is 0.639. The number of ketones is 1. The van der Waals surface area contributed by atoms with Gasteiger partial charge in [0.05, 0.1) is 46.2 Å². The summed E-state index contributed by atoms with van der Waals surface area (Å²) in [5.41, 5.74) is 2.71.